The van der Waals surface area contributed by atoms with Gasteiger partial charge in [0.15, 0.2) is 5.96 Å². The number of likely N-dealkylation sites (tertiary alicyclic amines) is 1. The Kier molecular flexibility index (Phi) is 8.58. The van der Waals surface area contributed by atoms with E-state index in [1.165, 1.54) is 25.9 Å². The van der Waals surface area contributed by atoms with Crippen molar-refractivity contribution in [1.29, 1.82) is 0 Å². The zero-order valence-electron chi connectivity index (χ0n) is 13.1. The molecule has 0 bridgehead atoms. The van der Waals surface area contributed by atoms with E-state index in [-0.39, 0.29) is 29.5 Å². The molecule has 0 aromatic heterocycles. The minimum atomic E-state index is 0. The van der Waals surface area contributed by atoms with Crippen LogP contribution in [-0.2, 0) is 4.74 Å². The molecule has 0 radical (unpaired) electrons. The molecule has 2 fully saturated rings. The van der Waals surface area contributed by atoms with Gasteiger partial charge in [0.25, 0.3) is 0 Å². The molecule has 0 unspecified atom stereocenters. The second kappa shape index (κ2) is 9.63. The minimum absolute atomic E-state index is 0. The molecule has 21 heavy (non-hydrogen) atoms. The molecule has 0 aromatic rings. The summed E-state index contributed by atoms with van der Waals surface area (Å²) in [5.74, 6) is 0.856. The first-order valence-electron chi connectivity index (χ1n) is 7.69. The molecule has 0 spiro atoms. The summed E-state index contributed by atoms with van der Waals surface area (Å²) in [5, 5.41) is 6.72. The summed E-state index contributed by atoms with van der Waals surface area (Å²) < 4.78 is 5.57. The topological polar surface area (TPSA) is 48.9 Å². The quantitative estimate of drug-likeness (QED) is 0.314. The lowest BCUT2D eigenvalue weighted by atomic mass is 9.88. The van der Waals surface area contributed by atoms with E-state index in [1.807, 2.05) is 13.1 Å². The maximum atomic E-state index is 5.57. The highest BCUT2D eigenvalue weighted by Gasteiger charge is 2.39. The number of hydrogen-bond donors (Lipinski definition) is 2. The Morgan fingerprint density at radius 3 is 2.52 bits per heavy atom. The number of hydrogen-bond acceptors (Lipinski definition) is 3. The predicted octanol–water partition coefficient (Wildman–Crippen LogP) is 1.60. The van der Waals surface area contributed by atoms with Gasteiger partial charge in [0, 0.05) is 38.9 Å². The highest BCUT2D eigenvalue weighted by atomic mass is 127. The summed E-state index contributed by atoms with van der Waals surface area (Å²) in [6, 6.07) is 0. The normalized spacial score (nSPS) is 22.4. The first kappa shape index (κ1) is 18.7. The zero-order chi connectivity index (χ0) is 14.3. The van der Waals surface area contributed by atoms with Crippen LogP contribution in [0.3, 0.4) is 0 Å². The van der Waals surface area contributed by atoms with Crippen LogP contribution in [0.1, 0.15) is 25.7 Å². The first-order chi connectivity index (χ1) is 9.80. The number of rotatable bonds is 5. The molecule has 0 saturated carbocycles. The molecule has 0 aliphatic carbocycles. The van der Waals surface area contributed by atoms with E-state index in [0.717, 1.165) is 45.1 Å². The SMILES string of the molecule is C=CCNC(=NC)NCC1(N2CCCC2)CCOCC1.I. The van der Waals surface area contributed by atoms with Crippen molar-refractivity contribution in [2.45, 2.75) is 31.2 Å². The van der Waals surface area contributed by atoms with Crippen LogP contribution < -0.4 is 10.6 Å². The molecular weight excluding hydrogens is 379 g/mol. The molecule has 122 valence electrons. The van der Waals surface area contributed by atoms with Gasteiger partial charge in [-0.1, -0.05) is 6.08 Å². The van der Waals surface area contributed by atoms with Crippen molar-refractivity contribution in [3.05, 3.63) is 12.7 Å². The number of halogens is 1. The maximum absolute atomic E-state index is 5.57. The van der Waals surface area contributed by atoms with Gasteiger partial charge in [-0.2, -0.15) is 0 Å². The van der Waals surface area contributed by atoms with E-state index >= 15 is 0 Å². The van der Waals surface area contributed by atoms with Crippen molar-refractivity contribution in [2.24, 2.45) is 4.99 Å². The van der Waals surface area contributed by atoms with Gasteiger partial charge in [-0.25, -0.2) is 0 Å². The smallest absolute Gasteiger partial charge is 0.191 e. The third kappa shape index (κ3) is 5.10. The zero-order valence-corrected chi connectivity index (χ0v) is 15.4. The average molecular weight is 408 g/mol. The van der Waals surface area contributed by atoms with E-state index < -0.39 is 0 Å². The van der Waals surface area contributed by atoms with Gasteiger partial charge >= 0.3 is 0 Å². The van der Waals surface area contributed by atoms with E-state index in [4.69, 9.17) is 4.74 Å². The summed E-state index contributed by atoms with van der Waals surface area (Å²) in [6.45, 7) is 9.59. The minimum Gasteiger partial charge on any atom is -0.381 e. The Morgan fingerprint density at radius 1 is 1.29 bits per heavy atom. The summed E-state index contributed by atoms with van der Waals surface area (Å²) in [7, 11) is 1.81. The van der Waals surface area contributed by atoms with Crippen LogP contribution in [0.25, 0.3) is 0 Å². The molecule has 0 aromatic carbocycles. The molecule has 5 nitrogen and oxygen atoms in total. The summed E-state index contributed by atoms with van der Waals surface area (Å²) in [5.41, 5.74) is 0.237. The first-order valence-corrected chi connectivity index (χ1v) is 7.69. The van der Waals surface area contributed by atoms with Crippen molar-refractivity contribution < 1.29 is 4.74 Å². The van der Waals surface area contributed by atoms with Gasteiger partial charge in [0.2, 0.25) is 0 Å². The van der Waals surface area contributed by atoms with Gasteiger partial charge in [-0.05, 0) is 38.8 Å². The summed E-state index contributed by atoms with van der Waals surface area (Å²) in [6.07, 6.45) is 6.71. The van der Waals surface area contributed by atoms with Gasteiger partial charge in [-0.15, -0.1) is 30.6 Å². The Morgan fingerprint density at radius 2 is 1.95 bits per heavy atom. The summed E-state index contributed by atoms with van der Waals surface area (Å²) >= 11 is 0. The Balaban J connectivity index is 0.00000220. The van der Waals surface area contributed by atoms with Crippen LogP contribution in [0, 0.1) is 0 Å². The van der Waals surface area contributed by atoms with Gasteiger partial charge in [0.1, 0.15) is 0 Å². The molecule has 2 heterocycles. The highest BCUT2D eigenvalue weighted by molar-refractivity contribution is 14.0. The number of aliphatic imine (C=N–C) groups is 1. The highest BCUT2D eigenvalue weighted by Crippen LogP contribution is 2.30. The van der Waals surface area contributed by atoms with Crippen LogP contribution in [-0.4, -0.2) is 62.8 Å². The third-order valence-electron chi connectivity index (χ3n) is 4.42. The monoisotopic (exact) mass is 408 g/mol. The Labute approximate surface area is 145 Å². The number of nitrogens with one attached hydrogen (secondary N) is 2. The number of ether oxygens (including phenoxy) is 1. The van der Waals surface area contributed by atoms with Crippen LogP contribution >= 0.6 is 24.0 Å². The Bertz CT molecular complexity index is 337. The van der Waals surface area contributed by atoms with Crippen molar-refractivity contribution in [3.63, 3.8) is 0 Å². The summed E-state index contributed by atoms with van der Waals surface area (Å²) in [4.78, 5) is 6.92. The lowest BCUT2D eigenvalue weighted by molar-refractivity contribution is -0.0164. The molecule has 2 rings (SSSR count). The Hall–Kier alpha value is -0.340. The molecule has 0 atom stereocenters. The number of guanidine groups is 1. The lowest BCUT2D eigenvalue weighted by Crippen LogP contribution is -2.58. The molecule has 2 aliphatic rings. The van der Waals surface area contributed by atoms with E-state index in [0.29, 0.717) is 0 Å². The van der Waals surface area contributed by atoms with Gasteiger partial charge < -0.3 is 15.4 Å². The fourth-order valence-electron chi connectivity index (χ4n) is 3.19. The lowest BCUT2D eigenvalue weighted by Gasteiger charge is -2.45. The number of nitrogens with zero attached hydrogens (tertiary/aromatic N) is 2. The van der Waals surface area contributed by atoms with Crippen LogP contribution in [0.4, 0.5) is 0 Å². The second-order valence-corrected chi connectivity index (χ2v) is 5.63. The van der Waals surface area contributed by atoms with Gasteiger partial charge in [-0.3, -0.25) is 9.89 Å². The predicted molar refractivity (Wildman–Crippen MR) is 98.6 cm³/mol. The second-order valence-electron chi connectivity index (χ2n) is 5.63. The molecule has 2 saturated heterocycles. The molecule has 2 aliphatic heterocycles. The van der Waals surface area contributed by atoms with Crippen LogP contribution in [0.2, 0.25) is 0 Å². The standard InChI is InChI=1S/C15H28N4O.HI/c1-3-8-17-14(16-2)18-13-15(6-11-20-12-7-15)19-9-4-5-10-19;/h3H,1,4-13H2,2H3,(H2,16,17,18);1H. The molecule has 6 heteroatoms. The van der Waals surface area contributed by atoms with Crippen molar-refractivity contribution >= 4 is 29.9 Å². The van der Waals surface area contributed by atoms with E-state index in [2.05, 4.69) is 27.1 Å². The van der Waals surface area contributed by atoms with Crippen molar-refractivity contribution in [2.75, 3.05) is 46.4 Å². The van der Waals surface area contributed by atoms with E-state index in [9.17, 15) is 0 Å². The maximum Gasteiger partial charge on any atom is 0.191 e. The third-order valence-corrected chi connectivity index (χ3v) is 4.42. The van der Waals surface area contributed by atoms with Crippen molar-refractivity contribution in [3.8, 4) is 0 Å². The van der Waals surface area contributed by atoms with Crippen LogP contribution in [0.5, 0.6) is 0 Å². The molecular formula is C15H29IN4O. The molecule has 2 N–H and O–H groups in total. The molecule has 0 amide bonds. The van der Waals surface area contributed by atoms with Crippen molar-refractivity contribution in [1.82, 2.24) is 15.5 Å². The van der Waals surface area contributed by atoms with Gasteiger partial charge in [0.05, 0.1) is 0 Å². The fourth-order valence-corrected chi connectivity index (χ4v) is 3.19. The van der Waals surface area contributed by atoms with E-state index in [1.54, 1.807) is 0 Å². The average Bonchev–Trinajstić information content (AvgIpc) is 3.03. The largest absolute Gasteiger partial charge is 0.381 e. The fraction of sp³-hybridized carbons (Fsp3) is 0.800. The van der Waals surface area contributed by atoms with Crippen LogP contribution in [0.15, 0.2) is 17.6 Å².